The van der Waals surface area contributed by atoms with E-state index in [9.17, 15) is 9.90 Å². The van der Waals surface area contributed by atoms with Crippen molar-refractivity contribution in [2.75, 3.05) is 0 Å². The van der Waals surface area contributed by atoms with Gasteiger partial charge >= 0.3 is 5.97 Å². The first kappa shape index (κ1) is 12.3. The minimum atomic E-state index is -0.782. The van der Waals surface area contributed by atoms with Crippen LogP contribution in [-0.2, 0) is 4.79 Å². The van der Waals surface area contributed by atoms with Crippen LogP contribution in [0.25, 0.3) is 0 Å². The van der Waals surface area contributed by atoms with Crippen LogP contribution in [-0.4, -0.2) is 11.1 Å². The maximum Gasteiger partial charge on any atom is 0.331 e. The van der Waals surface area contributed by atoms with Gasteiger partial charge in [-0.15, -0.1) is 0 Å². The summed E-state index contributed by atoms with van der Waals surface area (Å²) in [6, 6.07) is 0. The number of rotatable bonds is 4. The van der Waals surface area contributed by atoms with E-state index in [1.807, 2.05) is 0 Å². The van der Waals surface area contributed by atoms with E-state index in [4.69, 9.17) is 0 Å². The Morgan fingerprint density at radius 1 is 1.17 bits per heavy atom. The van der Waals surface area contributed by atoms with E-state index in [0.29, 0.717) is 11.5 Å². The molecule has 0 amide bonds. The number of hydrogen-bond acceptors (Lipinski definition) is 1. The van der Waals surface area contributed by atoms with Gasteiger partial charge in [-0.3, -0.25) is 0 Å². The molecule has 4 saturated carbocycles. The minimum Gasteiger partial charge on any atom is -0.478 e. The average Bonchev–Trinajstić information content (AvgIpc) is 2.32. The van der Waals surface area contributed by atoms with Crippen LogP contribution in [0.1, 0.15) is 45.4 Å². The van der Waals surface area contributed by atoms with Crippen molar-refractivity contribution in [3.63, 3.8) is 0 Å². The quantitative estimate of drug-likeness (QED) is 0.770. The van der Waals surface area contributed by atoms with Crippen LogP contribution in [0.5, 0.6) is 0 Å². The molecular weight excluding hydrogens is 224 g/mol. The topological polar surface area (TPSA) is 37.3 Å². The zero-order chi connectivity index (χ0) is 12.9. The molecule has 0 aliphatic heterocycles. The fourth-order valence-electron chi connectivity index (χ4n) is 5.53. The second-order valence-corrected chi connectivity index (χ2v) is 6.85. The van der Waals surface area contributed by atoms with Gasteiger partial charge < -0.3 is 5.11 Å². The first-order valence-electron chi connectivity index (χ1n) is 7.52. The molecule has 0 radical (unpaired) electrons. The summed E-state index contributed by atoms with van der Waals surface area (Å²) in [5, 5.41) is 9.24. The Morgan fingerprint density at radius 2 is 1.67 bits per heavy atom. The highest BCUT2D eigenvalue weighted by Gasteiger charge is 2.50. The lowest BCUT2D eigenvalue weighted by Crippen LogP contribution is -2.48. The molecule has 1 atom stereocenters. The van der Waals surface area contributed by atoms with Crippen LogP contribution >= 0.6 is 0 Å². The van der Waals surface area contributed by atoms with Gasteiger partial charge in [-0.25, -0.2) is 4.79 Å². The Hall–Kier alpha value is -0.790. The van der Waals surface area contributed by atoms with E-state index >= 15 is 0 Å². The SMILES string of the molecule is C=C(C(=O)O)C(CC)C1C2CC3CC(C2)CC1C3. The van der Waals surface area contributed by atoms with Gasteiger partial charge in [-0.05, 0) is 74.0 Å². The first-order valence-corrected chi connectivity index (χ1v) is 7.52. The van der Waals surface area contributed by atoms with Crippen LogP contribution in [0.4, 0.5) is 0 Å². The molecule has 4 bridgehead atoms. The van der Waals surface area contributed by atoms with Crippen LogP contribution in [0.3, 0.4) is 0 Å². The van der Waals surface area contributed by atoms with Crippen LogP contribution in [0.15, 0.2) is 12.2 Å². The summed E-state index contributed by atoms with van der Waals surface area (Å²) in [5.74, 6) is 3.56. The smallest absolute Gasteiger partial charge is 0.331 e. The van der Waals surface area contributed by atoms with E-state index in [-0.39, 0.29) is 5.92 Å². The predicted octanol–water partition coefficient (Wildman–Crippen LogP) is 3.73. The van der Waals surface area contributed by atoms with Crippen molar-refractivity contribution in [3.8, 4) is 0 Å². The van der Waals surface area contributed by atoms with Gasteiger partial charge in [0.15, 0.2) is 0 Å². The highest BCUT2D eigenvalue weighted by molar-refractivity contribution is 5.86. The van der Waals surface area contributed by atoms with E-state index in [2.05, 4.69) is 13.5 Å². The zero-order valence-corrected chi connectivity index (χ0v) is 11.3. The molecule has 2 heteroatoms. The fourth-order valence-corrected chi connectivity index (χ4v) is 5.53. The maximum absolute atomic E-state index is 11.2. The highest BCUT2D eigenvalue weighted by atomic mass is 16.4. The minimum absolute atomic E-state index is 0.220. The molecule has 4 fully saturated rings. The molecule has 0 saturated heterocycles. The summed E-state index contributed by atoms with van der Waals surface area (Å²) >= 11 is 0. The van der Waals surface area contributed by atoms with Crippen molar-refractivity contribution in [1.82, 2.24) is 0 Å². The number of carboxylic acids is 1. The van der Waals surface area contributed by atoms with Gasteiger partial charge in [-0.1, -0.05) is 13.5 Å². The lowest BCUT2D eigenvalue weighted by atomic mass is 9.49. The summed E-state index contributed by atoms with van der Waals surface area (Å²) in [6.45, 7) is 5.99. The van der Waals surface area contributed by atoms with Crippen molar-refractivity contribution in [2.45, 2.75) is 45.4 Å². The average molecular weight is 248 g/mol. The molecule has 1 N–H and O–H groups in total. The van der Waals surface area contributed by atoms with Gasteiger partial charge in [0, 0.05) is 5.57 Å². The predicted molar refractivity (Wildman–Crippen MR) is 71.1 cm³/mol. The molecule has 0 aromatic rings. The second-order valence-electron chi connectivity index (χ2n) is 6.85. The third kappa shape index (κ3) is 1.81. The van der Waals surface area contributed by atoms with E-state index in [1.54, 1.807) is 0 Å². The van der Waals surface area contributed by atoms with E-state index in [0.717, 1.165) is 30.1 Å². The Balaban J connectivity index is 1.82. The molecule has 0 spiro atoms. The molecule has 18 heavy (non-hydrogen) atoms. The van der Waals surface area contributed by atoms with Gasteiger partial charge in [0.1, 0.15) is 0 Å². The molecule has 4 aliphatic rings. The molecular formula is C16H24O2. The lowest BCUT2D eigenvalue weighted by molar-refractivity contribution is -0.134. The van der Waals surface area contributed by atoms with Crippen molar-refractivity contribution < 1.29 is 9.90 Å². The molecule has 4 aliphatic carbocycles. The molecule has 2 nitrogen and oxygen atoms in total. The van der Waals surface area contributed by atoms with Crippen molar-refractivity contribution in [2.24, 2.45) is 35.5 Å². The second kappa shape index (κ2) is 4.40. The van der Waals surface area contributed by atoms with Gasteiger partial charge in [-0.2, -0.15) is 0 Å². The molecule has 4 rings (SSSR count). The third-order valence-corrected chi connectivity index (χ3v) is 5.93. The Bertz CT molecular complexity index is 343. The molecule has 1 unspecified atom stereocenters. The van der Waals surface area contributed by atoms with Crippen LogP contribution in [0.2, 0.25) is 0 Å². The van der Waals surface area contributed by atoms with Gasteiger partial charge in [0.2, 0.25) is 0 Å². The summed E-state index contributed by atoms with van der Waals surface area (Å²) in [6.07, 6.45) is 7.85. The zero-order valence-electron chi connectivity index (χ0n) is 11.3. The largest absolute Gasteiger partial charge is 0.478 e. The number of carboxylic acid groups (broad SMARTS) is 1. The monoisotopic (exact) mass is 248 g/mol. The van der Waals surface area contributed by atoms with Crippen molar-refractivity contribution in [1.29, 1.82) is 0 Å². The van der Waals surface area contributed by atoms with Crippen molar-refractivity contribution in [3.05, 3.63) is 12.2 Å². The van der Waals surface area contributed by atoms with Gasteiger partial charge in [0.25, 0.3) is 0 Å². The third-order valence-electron chi connectivity index (χ3n) is 5.93. The summed E-state index contributed by atoms with van der Waals surface area (Å²) in [7, 11) is 0. The number of hydrogen-bond donors (Lipinski definition) is 1. The first-order chi connectivity index (χ1) is 8.60. The standard InChI is InChI=1S/C16H24O2/c1-3-14(9(2)16(17)18)15-12-5-10-4-11(7-12)8-13(15)6-10/h10-15H,2-8H2,1H3,(H,17,18). The Labute approximate surface area is 109 Å². The fraction of sp³-hybridized carbons (Fsp3) is 0.812. The Kier molecular flexibility index (Phi) is 2.99. The summed E-state index contributed by atoms with van der Waals surface area (Å²) in [5.41, 5.74) is 0.468. The van der Waals surface area contributed by atoms with Crippen LogP contribution < -0.4 is 0 Å². The molecule has 100 valence electrons. The maximum atomic E-state index is 11.2. The van der Waals surface area contributed by atoms with Crippen molar-refractivity contribution >= 4 is 5.97 Å². The van der Waals surface area contributed by atoms with E-state index < -0.39 is 5.97 Å². The summed E-state index contributed by atoms with van der Waals surface area (Å²) in [4.78, 5) is 11.2. The highest BCUT2D eigenvalue weighted by Crippen LogP contribution is 2.59. The Morgan fingerprint density at radius 3 is 2.06 bits per heavy atom. The lowest BCUT2D eigenvalue weighted by Gasteiger charge is -2.56. The molecule has 0 heterocycles. The van der Waals surface area contributed by atoms with Gasteiger partial charge in [0.05, 0.1) is 0 Å². The molecule has 0 aromatic carbocycles. The van der Waals surface area contributed by atoms with E-state index in [1.165, 1.54) is 32.1 Å². The normalized spacial score (nSPS) is 42.8. The van der Waals surface area contributed by atoms with Crippen LogP contribution in [0, 0.1) is 35.5 Å². The number of aliphatic carboxylic acids is 1. The molecule has 0 aromatic heterocycles. The summed E-state index contributed by atoms with van der Waals surface area (Å²) < 4.78 is 0. The number of carbonyl (C=O) groups is 1.